The van der Waals surface area contributed by atoms with Crippen molar-refractivity contribution in [2.45, 2.75) is 19.8 Å². The Labute approximate surface area is 82.8 Å². The molecule has 0 amide bonds. The van der Waals surface area contributed by atoms with E-state index in [9.17, 15) is 0 Å². The summed E-state index contributed by atoms with van der Waals surface area (Å²) in [6.45, 7) is 3.60. The van der Waals surface area contributed by atoms with E-state index in [4.69, 9.17) is 15.2 Å². The van der Waals surface area contributed by atoms with Crippen LogP contribution in [0.3, 0.4) is 0 Å². The highest BCUT2D eigenvalue weighted by Crippen LogP contribution is 2.45. The number of nitrogens with two attached hydrogens (primary N) is 1. The normalized spacial score (nSPS) is 17.2. The number of anilines is 1. The molecule has 0 bridgehead atoms. The van der Waals surface area contributed by atoms with Crippen LogP contribution in [0.4, 0.5) is 5.69 Å². The zero-order valence-corrected chi connectivity index (χ0v) is 8.22. The van der Waals surface area contributed by atoms with Gasteiger partial charge < -0.3 is 15.2 Å². The van der Waals surface area contributed by atoms with E-state index in [2.05, 4.69) is 6.92 Å². The van der Waals surface area contributed by atoms with Crippen LogP contribution in [-0.2, 0) is 12.8 Å². The third-order valence-electron chi connectivity index (χ3n) is 3.11. The molecule has 0 fully saturated rings. The molecule has 1 aromatic carbocycles. The third-order valence-corrected chi connectivity index (χ3v) is 3.11. The fourth-order valence-corrected chi connectivity index (χ4v) is 2.38. The maximum absolute atomic E-state index is 6.05. The van der Waals surface area contributed by atoms with Crippen LogP contribution in [-0.4, -0.2) is 13.2 Å². The van der Waals surface area contributed by atoms with Crippen molar-refractivity contribution < 1.29 is 9.47 Å². The van der Waals surface area contributed by atoms with Crippen LogP contribution >= 0.6 is 0 Å². The summed E-state index contributed by atoms with van der Waals surface area (Å²) in [4.78, 5) is 0. The molecule has 2 aliphatic rings. The van der Waals surface area contributed by atoms with Gasteiger partial charge in [-0.25, -0.2) is 0 Å². The van der Waals surface area contributed by atoms with Crippen LogP contribution in [0.5, 0.6) is 11.5 Å². The van der Waals surface area contributed by atoms with Crippen molar-refractivity contribution in [3.63, 3.8) is 0 Å². The van der Waals surface area contributed by atoms with Crippen LogP contribution < -0.4 is 15.2 Å². The van der Waals surface area contributed by atoms with E-state index in [0.717, 1.165) is 48.8 Å². The number of ether oxygens (including phenoxy) is 2. The highest BCUT2D eigenvalue weighted by atomic mass is 16.5. The standard InChI is InChI=1S/C11H13NO2/c1-6-7-2-4-14-11(7)9(12)8-3-5-13-10(6)8/h2-5,12H2,1H3. The van der Waals surface area contributed by atoms with E-state index in [1.807, 2.05) is 0 Å². The number of benzene rings is 1. The summed E-state index contributed by atoms with van der Waals surface area (Å²) in [5.41, 5.74) is 10.5. The van der Waals surface area contributed by atoms with Gasteiger partial charge in [-0.1, -0.05) is 0 Å². The van der Waals surface area contributed by atoms with E-state index < -0.39 is 0 Å². The quantitative estimate of drug-likeness (QED) is 0.631. The van der Waals surface area contributed by atoms with Gasteiger partial charge in [0, 0.05) is 24.0 Å². The highest BCUT2D eigenvalue weighted by molar-refractivity contribution is 5.72. The largest absolute Gasteiger partial charge is 0.493 e. The minimum Gasteiger partial charge on any atom is -0.493 e. The molecule has 0 saturated carbocycles. The van der Waals surface area contributed by atoms with Gasteiger partial charge in [-0.2, -0.15) is 0 Å². The van der Waals surface area contributed by atoms with Gasteiger partial charge in [0.25, 0.3) is 0 Å². The first kappa shape index (κ1) is 7.97. The van der Waals surface area contributed by atoms with Crippen LogP contribution in [0.15, 0.2) is 0 Å². The lowest BCUT2D eigenvalue weighted by Crippen LogP contribution is -1.97. The van der Waals surface area contributed by atoms with Gasteiger partial charge in [-0.3, -0.25) is 0 Å². The van der Waals surface area contributed by atoms with Gasteiger partial charge in [0.2, 0.25) is 0 Å². The maximum atomic E-state index is 6.05. The maximum Gasteiger partial charge on any atom is 0.146 e. The Morgan fingerprint density at radius 3 is 2.43 bits per heavy atom. The van der Waals surface area contributed by atoms with Crippen molar-refractivity contribution >= 4 is 5.69 Å². The topological polar surface area (TPSA) is 44.5 Å². The van der Waals surface area contributed by atoms with Crippen LogP contribution in [0.2, 0.25) is 0 Å². The van der Waals surface area contributed by atoms with Gasteiger partial charge in [-0.15, -0.1) is 0 Å². The molecular weight excluding hydrogens is 178 g/mol. The molecule has 0 aromatic heterocycles. The second-order valence-electron chi connectivity index (χ2n) is 3.85. The first-order chi connectivity index (χ1) is 6.79. The van der Waals surface area contributed by atoms with E-state index in [1.54, 1.807) is 0 Å². The van der Waals surface area contributed by atoms with E-state index in [1.165, 1.54) is 11.1 Å². The van der Waals surface area contributed by atoms with Crippen molar-refractivity contribution in [2.75, 3.05) is 18.9 Å². The van der Waals surface area contributed by atoms with Crippen molar-refractivity contribution in [1.82, 2.24) is 0 Å². The van der Waals surface area contributed by atoms with Gasteiger partial charge in [-0.05, 0) is 12.5 Å². The molecule has 0 aliphatic carbocycles. The van der Waals surface area contributed by atoms with Crippen molar-refractivity contribution in [3.8, 4) is 11.5 Å². The predicted octanol–water partition coefficient (Wildman–Crippen LogP) is 1.45. The van der Waals surface area contributed by atoms with Crippen LogP contribution in [0, 0.1) is 6.92 Å². The molecule has 0 unspecified atom stereocenters. The smallest absolute Gasteiger partial charge is 0.146 e. The molecule has 0 radical (unpaired) electrons. The second kappa shape index (κ2) is 2.56. The summed E-state index contributed by atoms with van der Waals surface area (Å²) in [5.74, 6) is 1.92. The average molecular weight is 191 g/mol. The molecule has 2 heterocycles. The van der Waals surface area contributed by atoms with Gasteiger partial charge >= 0.3 is 0 Å². The Kier molecular flexibility index (Phi) is 1.46. The number of hydrogen-bond donors (Lipinski definition) is 1. The molecular formula is C11H13NO2. The summed E-state index contributed by atoms with van der Waals surface area (Å²) in [6.07, 6.45) is 1.88. The monoisotopic (exact) mass is 191 g/mol. The first-order valence-corrected chi connectivity index (χ1v) is 4.98. The summed E-state index contributed by atoms with van der Waals surface area (Å²) < 4.78 is 11.2. The molecule has 2 aliphatic heterocycles. The molecule has 14 heavy (non-hydrogen) atoms. The van der Waals surface area contributed by atoms with Gasteiger partial charge in [0.15, 0.2) is 0 Å². The highest BCUT2D eigenvalue weighted by Gasteiger charge is 2.28. The summed E-state index contributed by atoms with van der Waals surface area (Å²) in [5, 5.41) is 0. The minimum absolute atomic E-state index is 0.753. The summed E-state index contributed by atoms with van der Waals surface area (Å²) in [6, 6.07) is 0. The van der Waals surface area contributed by atoms with E-state index in [-0.39, 0.29) is 0 Å². The van der Waals surface area contributed by atoms with Crippen LogP contribution in [0.25, 0.3) is 0 Å². The fourth-order valence-electron chi connectivity index (χ4n) is 2.38. The number of rotatable bonds is 0. The number of nitrogen functional groups attached to an aromatic ring is 1. The van der Waals surface area contributed by atoms with Crippen molar-refractivity contribution in [2.24, 2.45) is 0 Å². The number of fused-ring (bicyclic) bond motifs is 2. The average Bonchev–Trinajstić information content (AvgIpc) is 2.82. The fraction of sp³-hybridized carbons (Fsp3) is 0.455. The Balaban J connectivity index is 2.33. The Morgan fingerprint density at radius 1 is 1.00 bits per heavy atom. The summed E-state index contributed by atoms with van der Waals surface area (Å²) in [7, 11) is 0. The molecule has 0 spiro atoms. The van der Waals surface area contributed by atoms with Gasteiger partial charge in [0.05, 0.1) is 18.9 Å². The van der Waals surface area contributed by atoms with Crippen LogP contribution in [0.1, 0.15) is 16.7 Å². The molecule has 3 nitrogen and oxygen atoms in total. The Morgan fingerprint density at radius 2 is 1.64 bits per heavy atom. The molecule has 0 atom stereocenters. The number of hydrogen-bond acceptors (Lipinski definition) is 3. The molecule has 2 N–H and O–H groups in total. The predicted molar refractivity (Wildman–Crippen MR) is 54.0 cm³/mol. The minimum atomic E-state index is 0.753. The lowest BCUT2D eigenvalue weighted by atomic mass is 9.99. The van der Waals surface area contributed by atoms with E-state index in [0.29, 0.717) is 0 Å². The lowest BCUT2D eigenvalue weighted by Gasteiger charge is -2.12. The summed E-state index contributed by atoms with van der Waals surface area (Å²) >= 11 is 0. The first-order valence-electron chi connectivity index (χ1n) is 4.98. The molecule has 74 valence electrons. The van der Waals surface area contributed by atoms with E-state index >= 15 is 0 Å². The van der Waals surface area contributed by atoms with Crippen molar-refractivity contribution in [3.05, 3.63) is 16.7 Å². The SMILES string of the molecule is Cc1c2c(c(N)c3c1OCC3)OCC2. The second-order valence-corrected chi connectivity index (χ2v) is 3.85. The zero-order chi connectivity index (χ0) is 9.71. The lowest BCUT2D eigenvalue weighted by molar-refractivity contribution is 0.354. The van der Waals surface area contributed by atoms with Crippen molar-refractivity contribution in [1.29, 1.82) is 0 Å². The molecule has 1 aromatic rings. The zero-order valence-electron chi connectivity index (χ0n) is 8.22. The third kappa shape index (κ3) is 0.820. The Hall–Kier alpha value is -1.38. The van der Waals surface area contributed by atoms with Gasteiger partial charge in [0.1, 0.15) is 11.5 Å². The molecule has 3 heteroatoms. The Bertz CT molecular complexity index is 340. The molecule has 3 rings (SSSR count). The molecule has 0 saturated heterocycles.